The molecule has 0 bridgehead atoms. The van der Waals surface area contributed by atoms with Crippen molar-refractivity contribution in [3.05, 3.63) is 0 Å². The molecule has 0 aromatic carbocycles. The van der Waals surface area contributed by atoms with Crippen LogP contribution in [0.15, 0.2) is 0 Å². The lowest BCUT2D eigenvalue weighted by molar-refractivity contribution is 0.531. The lowest BCUT2D eigenvalue weighted by Gasteiger charge is -2.03. The Morgan fingerprint density at radius 2 is 0.667 bits per heavy atom. The van der Waals surface area contributed by atoms with Crippen LogP contribution in [-0.2, 0) is 4.79 Å². The Morgan fingerprint density at radius 3 is 0.810 bits per heavy atom. The Labute approximate surface area is 133 Å². The van der Waals surface area contributed by atoms with Crippen molar-refractivity contribution in [3.63, 3.8) is 0 Å². The Bertz CT molecular complexity index is 182. The van der Waals surface area contributed by atoms with Crippen LogP contribution in [0.1, 0.15) is 117 Å². The van der Waals surface area contributed by atoms with E-state index in [2.05, 4.69) is 13.8 Å². The molecule has 0 spiro atoms. The van der Waals surface area contributed by atoms with Gasteiger partial charge < -0.3 is 0 Å². The van der Waals surface area contributed by atoms with Crippen molar-refractivity contribution in [1.29, 1.82) is 5.41 Å². The fourth-order valence-electron chi connectivity index (χ4n) is 2.62. The molecule has 0 aromatic rings. The number of hydrogen-bond acceptors (Lipinski definition) is 2. The molecule has 21 heavy (non-hydrogen) atoms. The molecule has 126 valence electrons. The molecule has 2 heteroatoms. The van der Waals surface area contributed by atoms with Crippen molar-refractivity contribution in [1.82, 2.24) is 0 Å². The zero-order valence-corrected chi connectivity index (χ0v) is 14.7. The monoisotopic (exact) mass is 297 g/mol. The van der Waals surface area contributed by atoms with Crippen LogP contribution in [0, 0.1) is 5.41 Å². The molecule has 0 atom stereocenters. The van der Waals surface area contributed by atoms with Gasteiger partial charge in [-0.15, -0.1) is 0 Å². The third-order valence-corrected chi connectivity index (χ3v) is 3.96. The van der Waals surface area contributed by atoms with E-state index in [4.69, 9.17) is 10.2 Å². The quantitative estimate of drug-likeness (QED) is 0.194. The van der Waals surface area contributed by atoms with Crippen LogP contribution in [0.3, 0.4) is 0 Å². The average molecular weight is 298 g/mol. The van der Waals surface area contributed by atoms with Gasteiger partial charge in [0.15, 0.2) is 0 Å². The van der Waals surface area contributed by atoms with Crippen LogP contribution in [-0.4, -0.2) is 6.08 Å². The third kappa shape index (κ3) is 28.3. The van der Waals surface area contributed by atoms with Gasteiger partial charge in [0.25, 0.3) is 0 Å². The molecule has 2 nitrogen and oxygen atoms in total. The van der Waals surface area contributed by atoms with E-state index in [1.807, 2.05) is 0 Å². The molecule has 0 heterocycles. The molecule has 0 amide bonds. The fraction of sp³-hybridized carbons (Fsp3) is 0.947. The van der Waals surface area contributed by atoms with Crippen molar-refractivity contribution in [2.75, 3.05) is 0 Å². The summed E-state index contributed by atoms with van der Waals surface area (Å²) in [6.45, 7) is 4.59. The second-order valence-corrected chi connectivity index (χ2v) is 6.05. The van der Waals surface area contributed by atoms with Gasteiger partial charge in [-0.2, -0.15) is 0 Å². The minimum Gasteiger partial charge on any atom is -0.222 e. The highest BCUT2D eigenvalue weighted by Crippen LogP contribution is 2.13. The Kier molecular flexibility index (Phi) is 26.3. The maximum atomic E-state index is 8.35. The normalized spacial score (nSPS) is 9.81. The zero-order chi connectivity index (χ0) is 16.0. The van der Waals surface area contributed by atoms with E-state index < -0.39 is 0 Å². The SMILES string of the molecule is CCCCCCCCCCCCCCCCCC.N=C=O. The van der Waals surface area contributed by atoms with E-state index in [-0.39, 0.29) is 0 Å². The summed E-state index contributed by atoms with van der Waals surface area (Å²) >= 11 is 0. The Hall–Kier alpha value is -0.620. The summed E-state index contributed by atoms with van der Waals surface area (Å²) in [6, 6.07) is 0. The number of carbonyl (C=O) groups excluding carboxylic acids is 1. The predicted octanol–water partition coefficient (Wildman–Crippen LogP) is 7.17. The largest absolute Gasteiger partial charge is 0.231 e. The van der Waals surface area contributed by atoms with Crippen molar-refractivity contribution in [2.45, 2.75) is 117 Å². The van der Waals surface area contributed by atoms with Gasteiger partial charge in [-0.3, -0.25) is 0 Å². The molecular formula is C19H39NO. The van der Waals surface area contributed by atoms with Crippen molar-refractivity contribution in [2.24, 2.45) is 0 Å². The van der Waals surface area contributed by atoms with Crippen molar-refractivity contribution in [3.8, 4) is 0 Å². The van der Waals surface area contributed by atoms with Crippen LogP contribution >= 0.6 is 0 Å². The summed E-state index contributed by atoms with van der Waals surface area (Å²) in [6.07, 6.45) is 24.2. The number of hydrogen-bond donors (Lipinski definition) is 1. The predicted molar refractivity (Wildman–Crippen MR) is 93.6 cm³/mol. The summed E-state index contributed by atoms with van der Waals surface area (Å²) in [5.41, 5.74) is 0. The molecule has 1 N–H and O–H groups in total. The number of nitrogens with one attached hydrogen (secondary N) is 1. The van der Waals surface area contributed by atoms with Gasteiger partial charge >= 0.3 is 0 Å². The first-order valence-electron chi connectivity index (χ1n) is 9.37. The zero-order valence-electron chi connectivity index (χ0n) is 14.7. The first kappa shape index (κ1) is 22.7. The van der Waals surface area contributed by atoms with Gasteiger partial charge in [0.2, 0.25) is 6.08 Å². The topological polar surface area (TPSA) is 40.9 Å². The minimum atomic E-state index is 0.750. The van der Waals surface area contributed by atoms with Crippen LogP contribution in [0.5, 0.6) is 0 Å². The van der Waals surface area contributed by atoms with E-state index in [9.17, 15) is 0 Å². The van der Waals surface area contributed by atoms with Gasteiger partial charge in [0.05, 0.1) is 0 Å². The second-order valence-electron chi connectivity index (χ2n) is 6.05. The molecule has 0 aliphatic carbocycles. The van der Waals surface area contributed by atoms with E-state index >= 15 is 0 Å². The molecule has 0 aliphatic heterocycles. The molecule has 0 rings (SSSR count). The fourth-order valence-corrected chi connectivity index (χ4v) is 2.62. The summed E-state index contributed by atoms with van der Waals surface area (Å²) in [7, 11) is 0. The standard InChI is InChI=1S/C18H38.CHNO/c1-3-5-7-9-11-13-15-17-18-16-14-12-10-8-6-4-2;2-1-3/h3-18H2,1-2H3;2H. The first-order chi connectivity index (χ1) is 10.3. The van der Waals surface area contributed by atoms with Gasteiger partial charge in [0, 0.05) is 0 Å². The lowest BCUT2D eigenvalue weighted by atomic mass is 10.0. The van der Waals surface area contributed by atoms with Gasteiger partial charge in [-0.05, 0) is 0 Å². The van der Waals surface area contributed by atoms with Crippen LogP contribution < -0.4 is 0 Å². The van der Waals surface area contributed by atoms with Crippen molar-refractivity contribution >= 4 is 6.08 Å². The first-order valence-corrected chi connectivity index (χ1v) is 9.37. The van der Waals surface area contributed by atoms with Gasteiger partial charge in [-0.25, -0.2) is 10.2 Å². The van der Waals surface area contributed by atoms with E-state index in [1.54, 1.807) is 0 Å². The lowest BCUT2D eigenvalue weighted by Crippen LogP contribution is -1.83. The Balaban J connectivity index is 0. The third-order valence-electron chi connectivity index (χ3n) is 3.96. The highest BCUT2D eigenvalue weighted by atomic mass is 16.1. The average Bonchev–Trinajstić information content (AvgIpc) is 2.48. The van der Waals surface area contributed by atoms with Crippen molar-refractivity contribution < 1.29 is 4.79 Å². The van der Waals surface area contributed by atoms with Gasteiger partial charge in [0.1, 0.15) is 0 Å². The summed E-state index contributed by atoms with van der Waals surface area (Å²) in [4.78, 5) is 8.35. The summed E-state index contributed by atoms with van der Waals surface area (Å²) < 4.78 is 0. The van der Waals surface area contributed by atoms with Crippen LogP contribution in [0.25, 0.3) is 0 Å². The molecule has 0 saturated heterocycles. The second kappa shape index (κ2) is 24.4. The van der Waals surface area contributed by atoms with E-state index in [1.165, 1.54) is 103 Å². The highest BCUT2D eigenvalue weighted by molar-refractivity contribution is 5.26. The number of isocyanates is 1. The maximum Gasteiger partial charge on any atom is 0.231 e. The smallest absolute Gasteiger partial charge is 0.222 e. The number of unbranched alkanes of at least 4 members (excludes halogenated alkanes) is 15. The molecule has 0 saturated carbocycles. The maximum absolute atomic E-state index is 8.35. The Morgan fingerprint density at radius 1 is 0.524 bits per heavy atom. The van der Waals surface area contributed by atoms with E-state index in [0.29, 0.717) is 0 Å². The molecule has 0 aromatic heterocycles. The molecule has 0 radical (unpaired) electrons. The minimum absolute atomic E-state index is 0.750. The molecule has 0 aliphatic rings. The van der Waals surface area contributed by atoms with Crippen LogP contribution in [0.4, 0.5) is 0 Å². The van der Waals surface area contributed by atoms with Crippen LogP contribution in [0.2, 0.25) is 0 Å². The molecular weight excluding hydrogens is 258 g/mol. The molecule has 0 unspecified atom stereocenters. The summed E-state index contributed by atoms with van der Waals surface area (Å²) in [5.74, 6) is 0. The highest BCUT2D eigenvalue weighted by Gasteiger charge is 1.93. The number of rotatable bonds is 15. The van der Waals surface area contributed by atoms with Gasteiger partial charge in [-0.1, -0.05) is 117 Å². The van der Waals surface area contributed by atoms with E-state index in [0.717, 1.165) is 6.08 Å². The summed E-state index contributed by atoms with van der Waals surface area (Å²) in [5, 5.41) is 5.40. The molecule has 0 fully saturated rings.